The third-order valence-corrected chi connectivity index (χ3v) is 5.98. The summed E-state index contributed by atoms with van der Waals surface area (Å²) in [5.41, 5.74) is 3.72. The van der Waals surface area contributed by atoms with Crippen molar-refractivity contribution in [3.8, 4) is 0 Å². The molecule has 0 spiro atoms. The van der Waals surface area contributed by atoms with Gasteiger partial charge in [0.1, 0.15) is 0 Å². The van der Waals surface area contributed by atoms with E-state index in [4.69, 9.17) is 0 Å². The first kappa shape index (κ1) is 17.6. The second-order valence-electron chi connectivity index (χ2n) is 6.39. The number of sulfonamides is 1. The van der Waals surface area contributed by atoms with Crippen molar-refractivity contribution in [1.29, 1.82) is 0 Å². The fraction of sp³-hybridized carbons (Fsp3) is 0.316. The molecule has 0 atom stereocenters. The lowest BCUT2D eigenvalue weighted by molar-refractivity contribution is -0.117. The number of nitrogens with zero attached hydrogens (tertiary/aromatic N) is 1. The topological polar surface area (TPSA) is 66.5 Å². The van der Waals surface area contributed by atoms with E-state index >= 15 is 0 Å². The van der Waals surface area contributed by atoms with Gasteiger partial charge in [0, 0.05) is 25.2 Å². The Morgan fingerprint density at radius 3 is 2.36 bits per heavy atom. The fourth-order valence-electron chi connectivity index (χ4n) is 2.86. The molecular weight excluding hydrogens is 336 g/mol. The zero-order valence-corrected chi connectivity index (χ0v) is 15.3. The third kappa shape index (κ3) is 3.91. The molecule has 2 aromatic carbocycles. The number of hydrogen-bond donors (Lipinski definition) is 1. The van der Waals surface area contributed by atoms with E-state index in [1.807, 2.05) is 44.2 Å². The minimum Gasteiger partial charge on any atom is -0.312 e. The average Bonchev–Trinajstić information content (AvgIpc) is 3.02. The van der Waals surface area contributed by atoms with Gasteiger partial charge in [0.05, 0.1) is 4.90 Å². The maximum Gasteiger partial charge on any atom is 0.240 e. The minimum atomic E-state index is -3.55. The number of hydrogen-bond acceptors (Lipinski definition) is 3. The Bertz CT molecular complexity index is 889. The van der Waals surface area contributed by atoms with Crippen molar-refractivity contribution in [2.75, 3.05) is 11.4 Å². The summed E-state index contributed by atoms with van der Waals surface area (Å²) in [5, 5.41) is 0. The zero-order chi connectivity index (χ0) is 18.0. The van der Waals surface area contributed by atoms with Gasteiger partial charge in [-0.1, -0.05) is 18.2 Å². The summed E-state index contributed by atoms with van der Waals surface area (Å²) in [6, 6.07) is 12.5. The summed E-state index contributed by atoms with van der Waals surface area (Å²) in [4.78, 5) is 13.8. The molecule has 0 unspecified atom stereocenters. The SMILES string of the molecule is Cc1ccc(S(=O)(=O)NCc2ccc(N3CCCC3=O)cc2)cc1C. The number of aryl methyl sites for hydroxylation is 2. The van der Waals surface area contributed by atoms with Crippen LogP contribution in [0.25, 0.3) is 0 Å². The number of anilines is 1. The summed E-state index contributed by atoms with van der Waals surface area (Å²) < 4.78 is 27.5. The minimum absolute atomic E-state index is 0.142. The predicted octanol–water partition coefficient (Wildman–Crippen LogP) is 2.91. The molecule has 1 heterocycles. The lowest BCUT2D eigenvalue weighted by Gasteiger charge is -2.16. The van der Waals surface area contributed by atoms with Gasteiger partial charge in [0.15, 0.2) is 0 Å². The van der Waals surface area contributed by atoms with Crippen molar-refractivity contribution in [2.45, 2.75) is 38.1 Å². The van der Waals surface area contributed by atoms with E-state index in [0.717, 1.165) is 35.3 Å². The number of benzene rings is 2. The Kier molecular flexibility index (Phi) is 4.92. The molecule has 3 rings (SSSR count). The molecule has 0 bridgehead atoms. The lowest BCUT2D eigenvalue weighted by Crippen LogP contribution is -2.24. The zero-order valence-electron chi connectivity index (χ0n) is 14.5. The van der Waals surface area contributed by atoms with Crippen molar-refractivity contribution in [1.82, 2.24) is 4.72 Å². The van der Waals surface area contributed by atoms with E-state index in [1.165, 1.54) is 0 Å². The van der Waals surface area contributed by atoms with Crippen molar-refractivity contribution >= 4 is 21.6 Å². The van der Waals surface area contributed by atoms with Crippen LogP contribution in [0.2, 0.25) is 0 Å². The molecule has 1 aliphatic heterocycles. The molecule has 25 heavy (non-hydrogen) atoms. The molecule has 2 aromatic rings. The van der Waals surface area contributed by atoms with Gasteiger partial charge in [-0.3, -0.25) is 4.79 Å². The van der Waals surface area contributed by atoms with Crippen LogP contribution in [0, 0.1) is 13.8 Å². The van der Waals surface area contributed by atoms with Crippen LogP contribution in [0.5, 0.6) is 0 Å². The molecule has 0 aromatic heterocycles. The van der Waals surface area contributed by atoms with Crippen LogP contribution in [-0.4, -0.2) is 20.9 Å². The number of carbonyl (C=O) groups excluding carboxylic acids is 1. The fourth-order valence-corrected chi connectivity index (χ4v) is 3.96. The van der Waals surface area contributed by atoms with E-state index in [9.17, 15) is 13.2 Å². The maximum atomic E-state index is 12.4. The second-order valence-corrected chi connectivity index (χ2v) is 8.15. The largest absolute Gasteiger partial charge is 0.312 e. The van der Waals surface area contributed by atoms with Gasteiger partial charge in [-0.25, -0.2) is 13.1 Å². The van der Waals surface area contributed by atoms with E-state index in [-0.39, 0.29) is 17.3 Å². The standard InChI is InChI=1S/C19H22N2O3S/c1-14-5-10-18(12-15(14)2)25(23,24)20-13-16-6-8-17(9-7-16)21-11-3-4-19(21)22/h5-10,12,20H,3-4,11,13H2,1-2H3. The van der Waals surface area contributed by atoms with Gasteiger partial charge in [-0.2, -0.15) is 0 Å². The number of nitrogens with one attached hydrogen (secondary N) is 1. The molecule has 5 nitrogen and oxygen atoms in total. The molecular formula is C19H22N2O3S. The Morgan fingerprint density at radius 1 is 1.04 bits per heavy atom. The van der Waals surface area contributed by atoms with Crippen LogP contribution in [-0.2, 0) is 21.4 Å². The Morgan fingerprint density at radius 2 is 1.76 bits per heavy atom. The summed E-state index contributed by atoms with van der Waals surface area (Å²) >= 11 is 0. The van der Waals surface area contributed by atoms with Gasteiger partial charge >= 0.3 is 0 Å². The molecule has 0 radical (unpaired) electrons. The molecule has 1 fully saturated rings. The Balaban J connectivity index is 1.68. The third-order valence-electron chi connectivity index (χ3n) is 4.58. The lowest BCUT2D eigenvalue weighted by atomic mass is 10.1. The van der Waals surface area contributed by atoms with E-state index in [2.05, 4.69) is 4.72 Å². The molecule has 0 aliphatic carbocycles. The molecule has 1 amide bonds. The normalized spacial score (nSPS) is 15.0. The van der Waals surface area contributed by atoms with Crippen LogP contribution in [0.15, 0.2) is 47.4 Å². The highest BCUT2D eigenvalue weighted by Crippen LogP contribution is 2.22. The second kappa shape index (κ2) is 6.98. The number of amides is 1. The van der Waals surface area contributed by atoms with E-state index < -0.39 is 10.0 Å². The molecule has 1 aliphatic rings. The predicted molar refractivity (Wildman–Crippen MR) is 98.0 cm³/mol. The first-order chi connectivity index (χ1) is 11.9. The number of carbonyl (C=O) groups is 1. The van der Waals surface area contributed by atoms with Gasteiger partial charge in [0.2, 0.25) is 15.9 Å². The van der Waals surface area contributed by atoms with Gasteiger partial charge in [-0.15, -0.1) is 0 Å². The quantitative estimate of drug-likeness (QED) is 0.894. The Labute approximate surface area is 148 Å². The Hall–Kier alpha value is -2.18. The van der Waals surface area contributed by atoms with E-state index in [0.29, 0.717) is 6.42 Å². The first-order valence-corrected chi connectivity index (χ1v) is 9.81. The average molecular weight is 358 g/mol. The highest BCUT2D eigenvalue weighted by molar-refractivity contribution is 7.89. The smallest absolute Gasteiger partial charge is 0.240 e. The van der Waals surface area contributed by atoms with Crippen LogP contribution >= 0.6 is 0 Å². The van der Waals surface area contributed by atoms with Gasteiger partial charge in [0.25, 0.3) is 0 Å². The highest BCUT2D eigenvalue weighted by atomic mass is 32.2. The molecule has 132 valence electrons. The van der Waals surface area contributed by atoms with E-state index in [1.54, 1.807) is 17.0 Å². The van der Waals surface area contributed by atoms with Gasteiger partial charge in [-0.05, 0) is 61.2 Å². The maximum absolute atomic E-state index is 12.4. The van der Waals surface area contributed by atoms with Crippen LogP contribution in [0.3, 0.4) is 0 Å². The molecule has 1 saturated heterocycles. The molecule has 0 saturated carbocycles. The monoisotopic (exact) mass is 358 g/mol. The van der Waals surface area contributed by atoms with Crippen molar-refractivity contribution < 1.29 is 13.2 Å². The highest BCUT2D eigenvalue weighted by Gasteiger charge is 2.21. The summed E-state index contributed by atoms with van der Waals surface area (Å²) in [7, 11) is -3.55. The van der Waals surface area contributed by atoms with Crippen LogP contribution in [0.4, 0.5) is 5.69 Å². The van der Waals surface area contributed by atoms with Crippen molar-refractivity contribution in [2.24, 2.45) is 0 Å². The summed E-state index contributed by atoms with van der Waals surface area (Å²) in [6.07, 6.45) is 1.48. The van der Waals surface area contributed by atoms with Crippen LogP contribution < -0.4 is 9.62 Å². The van der Waals surface area contributed by atoms with Crippen LogP contribution in [0.1, 0.15) is 29.5 Å². The summed E-state index contributed by atoms with van der Waals surface area (Å²) in [6.45, 7) is 4.81. The molecule has 6 heteroatoms. The summed E-state index contributed by atoms with van der Waals surface area (Å²) in [5.74, 6) is 0.142. The number of rotatable bonds is 5. The van der Waals surface area contributed by atoms with Crippen molar-refractivity contribution in [3.05, 3.63) is 59.2 Å². The van der Waals surface area contributed by atoms with Gasteiger partial charge < -0.3 is 4.90 Å². The first-order valence-electron chi connectivity index (χ1n) is 8.33. The molecule has 1 N–H and O–H groups in total. The van der Waals surface area contributed by atoms with Crippen molar-refractivity contribution in [3.63, 3.8) is 0 Å².